The molecular formula is C14H19N5O3. The minimum Gasteiger partial charge on any atom is -0.379 e. The highest BCUT2D eigenvalue weighted by Gasteiger charge is 2.16. The van der Waals surface area contributed by atoms with Crippen LogP contribution in [0, 0.1) is 6.92 Å². The number of aromatic amines is 1. The minimum absolute atomic E-state index is 0.266. The summed E-state index contributed by atoms with van der Waals surface area (Å²) in [5.41, 5.74) is 2.02. The van der Waals surface area contributed by atoms with Crippen LogP contribution in [0.2, 0.25) is 0 Å². The van der Waals surface area contributed by atoms with Crippen LogP contribution < -0.4 is 5.32 Å². The van der Waals surface area contributed by atoms with Gasteiger partial charge in [-0.2, -0.15) is 5.10 Å². The van der Waals surface area contributed by atoms with Crippen molar-refractivity contribution in [1.29, 1.82) is 0 Å². The molecule has 0 aliphatic carbocycles. The average Bonchev–Trinajstić information content (AvgIpc) is 3.15. The van der Waals surface area contributed by atoms with E-state index in [1.807, 2.05) is 13.0 Å². The van der Waals surface area contributed by atoms with Gasteiger partial charge in [0.25, 0.3) is 5.91 Å². The van der Waals surface area contributed by atoms with Crippen molar-refractivity contribution in [1.82, 2.24) is 25.6 Å². The van der Waals surface area contributed by atoms with Gasteiger partial charge in [0.2, 0.25) is 0 Å². The molecule has 2 aromatic rings. The zero-order valence-electron chi connectivity index (χ0n) is 12.5. The van der Waals surface area contributed by atoms with Gasteiger partial charge in [0.1, 0.15) is 0 Å². The first-order valence-electron chi connectivity index (χ1n) is 7.25. The molecule has 0 radical (unpaired) electrons. The highest BCUT2D eigenvalue weighted by atomic mass is 16.5. The Balaban J connectivity index is 1.52. The molecule has 1 saturated heterocycles. The van der Waals surface area contributed by atoms with Gasteiger partial charge in [-0.1, -0.05) is 5.16 Å². The number of nitrogens with one attached hydrogen (secondary N) is 2. The predicted octanol–water partition coefficient (Wildman–Crippen LogP) is 0.468. The summed E-state index contributed by atoms with van der Waals surface area (Å²) in [6, 6.07) is 3.56. The number of carbonyl (C=O) groups is 1. The molecule has 1 amide bonds. The summed E-state index contributed by atoms with van der Waals surface area (Å²) in [5.74, 6) is 0.417. The molecular weight excluding hydrogens is 286 g/mol. The van der Waals surface area contributed by atoms with Crippen molar-refractivity contribution in [3.8, 4) is 0 Å². The van der Waals surface area contributed by atoms with Crippen molar-refractivity contribution in [2.75, 3.05) is 26.3 Å². The normalized spacial score (nSPS) is 15.9. The molecule has 3 rings (SSSR count). The molecule has 2 N–H and O–H groups in total. The van der Waals surface area contributed by atoms with Gasteiger partial charge in [-0.3, -0.25) is 14.8 Å². The smallest absolute Gasteiger partial charge is 0.273 e. The van der Waals surface area contributed by atoms with Crippen LogP contribution in [0.1, 0.15) is 27.6 Å². The van der Waals surface area contributed by atoms with E-state index in [-0.39, 0.29) is 11.6 Å². The SMILES string of the molecule is Cc1cc(CNC(=O)c2cc(CN3CCOCC3)on2)n[nH]1. The highest BCUT2D eigenvalue weighted by Crippen LogP contribution is 2.09. The number of rotatable bonds is 5. The number of aromatic nitrogens is 3. The van der Waals surface area contributed by atoms with Crippen LogP contribution >= 0.6 is 0 Å². The molecule has 8 heteroatoms. The minimum atomic E-state index is -0.266. The summed E-state index contributed by atoms with van der Waals surface area (Å²) in [4.78, 5) is 14.2. The Labute approximate surface area is 127 Å². The Kier molecular flexibility index (Phi) is 4.50. The van der Waals surface area contributed by atoms with Crippen LogP contribution in [0.15, 0.2) is 16.7 Å². The molecule has 2 aromatic heterocycles. The molecule has 1 aliphatic rings. The lowest BCUT2D eigenvalue weighted by Gasteiger charge is -2.25. The lowest BCUT2D eigenvalue weighted by Crippen LogP contribution is -2.35. The fourth-order valence-corrected chi connectivity index (χ4v) is 2.30. The Morgan fingerprint density at radius 2 is 2.23 bits per heavy atom. The molecule has 0 unspecified atom stereocenters. The quantitative estimate of drug-likeness (QED) is 0.833. The zero-order valence-corrected chi connectivity index (χ0v) is 12.5. The standard InChI is InChI=1S/C14H19N5O3/c1-10-6-11(17-16-10)8-15-14(20)13-7-12(22-18-13)9-19-2-4-21-5-3-19/h6-7H,2-5,8-9H2,1H3,(H,15,20)(H,16,17). The number of nitrogens with zero attached hydrogens (tertiary/aromatic N) is 3. The maximum absolute atomic E-state index is 12.0. The topological polar surface area (TPSA) is 96.3 Å². The Hall–Kier alpha value is -2.19. The summed E-state index contributed by atoms with van der Waals surface area (Å²) in [5, 5.41) is 13.5. The number of hydrogen-bond acceptors (Lipinski definition) is 6. The predicted molar refractivity (Wildman–Crippen MR) is 77.1 cm³/mol. The van der Waals surface area contributed by atoms with Crippen molar-refractivity contribution >= 4 is 5.91 Å². The number of carbonyl (C=O) groups excluding carboxylic acids is 1. The Morgan fingerprint density at radius 1 is 1.41 bits per heavy atom. The van der Waals surface area contributed by atoms with E-state index in [4.69, 9.17) is 9.26 Å². The number of amides is 1. The van der Waals surface area contributed by atoms with Gasteiger partial charge in [0, 0.05) is 24.8 Å². The van der Waals surface area contributed by atoms with Crippen LogP contribution in [0.25, 0.3) is 0 Å². The van der Waals surface area contributed by atoms with Crippen molar-refractivity contribution in [3.05, 3.63) is 35.0 Å². The van der Waals surface area contributed by atoms with E-state index in [0.29, 0.717) is 18.8 Å². The van der Waals surface area contributed by atoms with Gasteiger partial charge in [-0.25, -0.2) is 0 Å². The molecule has 22 heavy (non-hydrogen) atoms. The van der Waals surface area contributed by atoms with Gasteiger partial charge in [-0.05, 0) is 13.0 Å². The fourth-order valence-electron chi connectivity index (χ4n) is 2.30. The monoisotopic (exact) mass is 305 g/mol. The summed E-state index contributed by atoms with van der Waals surface area (Å²) in [6.45, 7) is 6.08. The van der Waals surface area contributed by atoms with Crippen molar-refractivity contribution < 1.29 is 14.1 Å². The summed E-state index contributed by atoms with van der Waals surface area (Å²) < 4.78 is 10.5. The van der Waals surface area contributed by atoms with Crippen molar-refractivity contribution in [2.45, 2.75) is 20.0 Å². The zero-order chi connectivity index (χ0) is 15.4. The van der Waals surface area contributed by atoms with Crippen LogP contribution in [-0.2, 0) is 17.8 Å². The molecule has 1 aliphatic heterocycles. The maximum atomic E-state index is 12.0. The van der Waals surface area contributed by atoms with E-state index in [9.17, 15) is 4.79 Å². The van der Waals surface area contributed by atoms with Crippen LogP contribution in [-0.4, -0.2) is 52.5 Å². The van der Waals surface area contributed by atoms with Gasteiger partial charge >= 0.3 is 0 Å². The Morgan fingerprint density at radius 3 is 2.95 bits per heavy atom. The average molecular weight is 305 g/mol. The summed E-state index contributed by atoms with van der Waals surface area (Å²) >= 11 is 0. The number of H-pyrrole nitrogens is 1. The van der Waals surface area contributed by atoms with Gasteiger partial charge < -0.3 is 14.6 Å². The molecule has 3 heterocycles. The second-order valence-electron chi connectivity index (χ2n) is 5.29. The molecule has 0 bridgehead atoms. The van der Waals surface area contributed by atoms with Crippen LogP contribution in [0.5, 0.6) is 0 Å². The van der Waals surface area contributed by atoms with Crippen molar-refractivity contribution in [3.63, 3.8) is 0 Å². The largest absolute Gasteiger partial charge is 0.379 e. The lowest BCUT2D eigenvalue weighted by atomic mass is 10.3. The van der Waals surface area contributed by atoms with E-state index in [1.165, 1.54) is 0 Å². The number of ether oxygens (including phenoxy) is 1. The molecule has 118 valence electrons. The van der Waals surface area contributed by atoms with Crippen molar-refractivity contribution in [2.24, 2.45) is 0 Å². The third-order valence-electron chi connectivity index (χ3n) is 3.46. The highest BCUT2D eigenvalue weighted by molar-refractivity contribution is 5.92. The van der Waals surface area contributed by atoms with E-state index >= 15 is 0 Å². The summed E-state index contributed by atoms with van der Waals surface area (Å²) in [6.07, 6.45) is 0. The molecule has 0 aromatic carbocycles. The molecule has 0 atom stereocenters. The van der Waals surface area contributed by atoms with E-state index in [1.54, 1.807) is 6.07 Å². The molecule has 1 fully saturated rings. The van der Waals surface area contributed by atoms with E-state index < -0.39 is 0 Å². The first-order valence-corrected chi connectivity index (χ1v) is 7.25. The van der Waals surface area contributed by atoms with Gasteiger partial charge in [-0.15, -0.1) is 0 Å². The number of hydrogen-bond donors (Lipinski definition) is 2. The fraction of sp³-hybridized carbons (Fsp3) is 0.500. The second kappa shape index (κ2) is 6.71. The van der Waals surface area contributed by atoms with Gasteiger partial charge in [0.15, 0.2) is 11.5 Å². The third kappa shape index (κ3) is 3.71. The summed E-state index contributed by atoms with van der Waals surface area (Å²) in [7, 11) is 0. The lowest BCUT2D eigenvalue weighted by molar-refractivity contribution is 0.0305. The maximum Gasteiger partial charge on any atom is 0.273 e. The van der Waals surface area contributed by atoms with Crippen LogP contribution in [0.4, 0.5) is 0 Å². The number of morpholine rings is 1. The third-order valence-corrected chi connectivity index (χ3v) is 3.46. The van der Waals surface area contributed by atoms with Crippen LogP contribution in [0.3, 0.4) is 0 Å². The molecule has 8 nitrogen and oxygen atoms in total. The molecule has 0 spiro atoms. The first kappa shape index (κ1) is 14.7. The molecule has 0 saturated carbocycles. The van der Waals surface area contributed by atoms with E-state index in [0.717, 1.165) is 37.7 Å². The first-order chi connectivity index (χ1) is 10.7. The number of aryl methyl sites for hydroxylation is 1. The van der Waals surface area contributed by atoms with Gasteiger partial charge in [0.05, 0.1) is 32.0 Å². The van der Waals surface area contributed by atoms with E-state index in [2.05, 4.69) is 25.6 Å². The second-order valence-corrected chi connectivity index (χ2v) is 5.29. The Bertz CT molecular complexity index is 630.